The summed E-state index contributed by atoms with van der Waals surface area (Å²) in [6.07, 6.45) is 1.70. The SMILES string of the molecule is O=C1S/C(=C/c2cccc(OCc3ccccc3)c2)C(=O)N1c1cccc(Cl)c1. The van der Waals surface area contributed by atoms with Crippen LogP contribution in [0.15, 0.2) is 83.8 Å². The average molecular weight is 422 g/mol. The first-order valence-electron chi connectivity index (χ1n) is 8.90. The average Bonchev–Trinajstić information content (AvgIpc) is 3.00. The fraction of sp³-hybridized carbons (Fsp3) is 0.0435. The maximum absolute atomic E-state index is 12.8. The molecule has 0 saturated carbocycles. The molecule has 6 heteroatoms. The molecular formula is C23H16ClNO3S. The number of carbonyl (C=O) groups is 2. The van der Waals surface area contributed by atoms with Crippen molar-refractivity contribution in [2.24, 2.45) is 0 Å². The summed E-state index contributed by atoms with van der Waals surface area (Å²) in [7, 11) is 0. The topological polar surface area (TPSA) is 46.6 Å². The minimum Gasteiger partial charge on any atom is -0.489 e. The summed E-state index contributed by atoms with van der Waals surface area (Å²) >= 11 is 6.90. The highest BCUT2D eigenvalue weighted by atomic mass is 35.5. The van der Waals surface area contributed by atoms with Crippen molar-refractivity contribution in [3.8, 4) is 5.75 Å². The van der Waals surface area contributed by atoms with Gasteiger partial charge in [0.2, 0.25) is 0 Å². The highest BCUT2D eigenvalue weighted by molar-refractivity contribution is 8.19. The zero-order valence-corrected chi connectivity index (χ0v) is 16.8. The van der Waals surface area contributed by atoms with Crippen molar-refractivity contribution in [2.45, 2.75) is 6.61 Å². The summed E-state index contributed by atoms with van der Waals surface area (Å²) in [4.78, 5) is 26.6. The Balaban J connectivity index is 1.52. The number of halogens is 1. The minimum atomic E-state index is -0.363. The molecule has 3 aromatic carbocycles. The Labute approximate surface area is 177 Å². The molecular weight excluding hydrogens is 406 g/mol. The van der Waals surface area contributed by atoms with Crippen LogP contribution < -0.4 is 9.64 Å². The van der Waals surface area contributed by atoms with E-state index in [-0.39, 0.29) is 11.1 Å². The highest BCUT2D eigenvalue weighted by Crippen LogP contribution is 2.36. The molecule has 1 heterocycles. The highest BCUT2D eigenvalue weighted by Gasteiger charge is 2.36. The molecule has 1 saturated heterocycles. The van der Waals surface area contributed by atoms with E-state index < -0.39 is 0 Å². The van der Waals surface area contributed by atoms with Gasteiger partial charge in [-0.15, -0.1) is 0 Å². The molecule has 2 amide bonds. The molecule has 4 rings (SSSR count). The Morgan fingerprint density at radius 2 is 1.72 bits per heavy atom. The third kappa shape index (κ3) is 4.53. The molecule has 0 N–H and O–H groups in total. The van der Waals surface area contributed by atoms with Crippen LogP contribution in [-0.2, 0) is 11.4 Å². The molecule has 1 fully saturated rings. The van der Waals surface area contributed by atoms with E-state index in [0.717, 1.165) is 27.8 Å². The molecule has 0 spiro atoms. The van der Waals surface area contributed by atoms with E-state index in [9.17, 15) is 9.59 Å². The maximum Gasteiger partial charge on any atom is 0.298 e. The van der Waals surface area contributed by atoms with Crippen molar-refractivity contribution in [3.63, 3.8) is 0 Å². The van der Waals surface area contributed by atoms with E-state index in [0.29, 0.717) is 28.0 Å². The molecule has 0 unspecified atom stereocenters. The number of thioether (sulfide) groups is 1. The van der Waals surface area contributed by atoms with Gasteiger partial charge >= 0.3 is 0 Å². The number of rotatable bonds is 5. The third-order valence-corrected chi connectivity index (χ3v) is 5.37. The van der Waals surface area contributed by atoms with Crippen LogP contribution in [0, 0.1) is 0 Å². The third-order valence-electron chi connectivity index (χ3n) is 4.26. The van der Waals surface area contributed by atoms with E-state index >= 15 is 0 Å². The van der Waals surface area contributed by atoms with Gasteiger partial charge in [0.25, 0.3) is 11.1 Å². The van der Waals surface area contributed by atoms with Crippen LogP contribution in [0.1, 0.15) is 11.1 Å². The Bertz CT molecular complexity index is 1100. The Morgan fingerprint density at radius 1 is 0.931 bits per heavy atom. The van der Waals surface area contributed by atoms with Gasteiger partial charge in [0, 0.05) is 5.02 Å². The number of hydrogen-bond acceptors (Lipinski definition) is 4. The van der Waals surface area contributed by atoms with Crippen molar-refractivity contribution >= 4 is 46.3 Å². The number of ether oxygens (including phenoxy) is 1. The molecule has 0 aliphatic carbocycles. The Kier molecular flexibility index (Phi) is 5.69. The first-order valence-corrected chi connectivity index (χ1v) is 10.1. The quantitative estimate of drug-likeness (QED) is 0.463. The molecule has 1 aliphatic rings. The zero-order valence-electron chi connectivity index (χ0n) is 15.2. The largest absolute Gasteiger partial charge is 0.489 e. The van der Waals surface area contributed by atoms with E-state index in [2.05, 4.69) is 0 Å². The van der Waals surface area contributed by atoms with Gasteiger partial charge in [-0.3, -0.25) is 9.59 Å². The zero-order chi connectivity index (χ0) is 20.2. The van der Waals surface area contributed by atoms with Crippen molar-refractivity contribution in [1.29, 1.82) is 0 Å². The number of nitrogens with zero attached hydrogens (tertiary/aromatic N) is 1. The molecule has 0 aromatic heterocycles. The van der Waals surface area contributed by atoms with Gasteiger partial charge in [-0.1, -0.05) is 60.1 Å². The van der Waals surface area contributed by atoms with Crippen LogP contribution >= 0.6 is 23.4 Å². The van der Waals surface area contributed by atoms with E-state index in [1.165, 1.54) is 0 Å². The van der Waals surface area contributed by atoms with Gasteiger partial charge in [0.05, 0.1) is 10.6 Å². The molecule has 0 bridgehead atoms. The Morgan fingerprint density at radius 3 is 2.52 bits per heavy atom. The molecule has 0 radical (unpaired) electrons. The molecule has 1 aliphatic heterocycles. The van der Waals surface area contributed by atoms with Crippen LogP contribution in [0.5, 0.6) is 5.75 Å². The maximum atomic E-state index is 12.8. The predicted octanol–water partition coefficient (Wildman–Crippen LogP) is 6.16. The lowest BCUT2D eigenvalue weighted by Crippen LogP contribution is -2.27. The van der Waals surface area contributed by atoms with Crippen molar-refractivity contribution in [3.05, 3.63) is 99.9 Å². The van der Waals surface area contributed by atoms with Crippen LogP contribution in [0.2, 0.25) is 5.02 Å². The Hall–Kier alpha value is -3.02. The fourth-order valence-electron chi connectivity index (χ4n) is 2.89. The van der Waals surface area contributed by atoms with Crippen molar-refractivity contribution in [2.75, 3.05) is 4.90 Å². The molecule has 3 aromatic rings. The van der Waals surface area contributed by atoms with Gasteiger partial charge in [0.1, 0.15) is 12.4 Å². The van der Waals surface area contributed by atoms with E-state index in [1.54, 1.807) is 30.3 Å². The summed E-state index contributed by atoms with van der Waals surface area (Å²) < 4.78 is 5.84. The monoisotopic (exact) mass is 421 g/mol. The lowest BCUT2D eigenvalue weighted by molar-refractivity contribution is -0.113. The van der Waals surface area contributed by atoms with Crippen LogP contribution in [0.3, 0.4) is 0 Å². The van der Waals surface area contributed by atoms with Gasteiger partial charge in [-0.25, -0.2) is 4.90 Å². The summed E-state index contributed by atoms with van der Waals surface area (Å²) in [5, 5.41) is 0.119. The lowest BCUT2D eigenvalue weighted by Gasteiger charge is -2.12. The first kappa shape index (κ1) is 19.3. The predicted molar refractivity (Wildman–Crippen MR) is 117 cm³/mol. The molecule has 29 heavy (non-hydrogen) atoms. The molecule has 144 valence electrons. The number of benzene rings is 3. The summed E-state index contributed by atoms with van der Waals surface area (Å²) in [5.74, 6) is 0.328. The van der Waals surface area contributed by atoms with Gasteiger partial charge in [-0.05, 0) is 59.3 Å². The lowest BCUT2D eigenvalue weighted by atomic mass is 10.2. The number of hydrogen-bond donors (Lipinski definition) is 0. The standard InChI is InChI=1S/C23H16ClNO3S/c24-18-9-5-10-19(14-18)25-22(26)21(29-23(25)27)13-17-8-4-11-20(12-17)28-15-16-6-2-1-3-7-16/h1-14H,15H2/b21-13+. The van der Waals surface area contributed by atoms with Crippen molar-refractivity contribution in [1.82, 2.24) is 0 Å². The summed E-state index contributed by atoms with van der Waals surface area (Å²) in [6.45, 7) is 0.454. The number of anilines is 1. The van der Waals surface area contributed by atoms with Crippen molar-refractivity contribution < 1.29 is 14.3 Å². The van der Waals surface area contributed by atoms with E-state index in [4.69, 9.17) is 16.3 Å². The summed E-state index contributed by atoms with van der Waals surface area (Å²) in [5.41, 5.74) is 2.32. The normalized spacial score (nSPS) is 15.2. The van der Waals surface area contributed by atoms with Gasteiger partial charge < -0.3 is 4.74 Å². The molecule has 4 nitrogen and oxygen atoms in total. The van der Waals surface area contributed by atoms with Crippen LogP contribution in [0.4, 0.5) is 10.5 Å². The first-order chi connectivity index (χ1) is 14.1. The second-order valence-electron chi connectivity index (χ2n) is 6.34. The van der Waals surface area contributed by atoms with Crippen LogP contribution in [0.25, 0.3) is 6.08 Å². The number of carbonyl (C=O) groups excluding carboxylic acids is 2. The van der Waals surface area contributed by atoms with E-state index in [1.807, 2.05) is 54.6 Å². The van der Waals surface area contributed by atoms with Gasteiger partial charge in [-0.2, -0.15) is 0 Å². The van der Waals surface area contributed by atoms with Gasteiger partial charge in [0.15, 0.2) is 0 Å². The number of imide groups is 1. The molecule has 0 atom stereocenters. The summed E-state index contributed by atoms with van der Waals surface area (Å²) in [6, 6.07) is 24.0. The minimum absolute atomic E-state index is 0.347. The smallest absolute Gasteiger partial charge is 0.298 e. The van der Waals surface area contributed by atoms with Crippen LogP contribution in [-0.4, -0.2) is 11.1 Å². The number of amides is 2. The second-order valence-corrected chi connectivity index (χ2v) is 7.77. The fourth-order valence-corrected chi connectivity index (χ4v) is 3.92. The second kappa shape index (κ2) is 8.55.